The first-order valence-electron chi connectivity index (χ1n) is 8.32. The zero-order valence-corrected chi connectivity index (χ0v) is 16.5. The van der Waals surface area contributed by atoms with E-state index < -0.39 is 6.09 Å². The van der Waals surface area contributed by atoms with E-state index in [4.69, 9.17) is 37.4 Å². The number of nitrogens with zero attached hydrogens (tertiary/aromatic N) is 1. The first-order valence-corrected chi connectivity index (χ1v) is 9.08. The zero-order valence-electron chi connectivity index (χ0n) is 15.0. The molecule has 0 heterocycles. The van der Waals surface area contributed by atoms with E-state index in [9.17, 15) is 4.79 Å². The van der Waals surface area contributed by atoms with Crippen LogP contribution in [0.4, 0.5) is 4.79 Å². The Labute approximate surface area is 168 Å². The van der Waals surface area contributed by atoms with Gasteiger partial charge in [0.25, 0.3) is 0 Å². The summed E-state index contributed by atoms with van der Waals surface area (Å²) in [5, 5.41) is 4.84. The van der Waals surface area contributed by atoms with Crippen LogP contribution in [0.2, 0.25) is 10.0 Å². The fourth-order valence-corrected chi connectivity index (χ4v) is 2.52. The third-order valence-electron chi connectivity index (χ3n) is 3.27. The van der Waals surface area contributed by atoms with Crippen molar-refractivity contribution in [1.82, 2.24) is 5.43 Å². The highest BCUT2D eigenvalue weighted by Crippen LogP contribution is 2.37. The fraction of sp³-hybridized carbons (Fsp3) is 0.263. The molecule has 8 heteroatoms. The zero-order chi connectivity index (χ0) is 19.6. The Bertz CT molecular complexity index is 795. The molecule has 144 valence electrons. The third kappa shape index (κ3) is 6.66. The van der Waals surface area contributed by atoms with Gasteiger partial charge in [-0.2, -0.15) is 5.10 Å². The molecule has 0 bridgehead atoms. The highest BCUT2D eigenvalue weighted by Gasteiger charge is 2.12. The van der Waals surface area contributed by atoms with Gasteiger partial charge >= 0.3 is 6.09 Å². The lowest BCUT2D eigenvalue weighted by molar-refractivity contribution is 0.152. The molecule has 2 rings (SSSR count). The van der Waals surface area contributed by atoms with E-state index in [0.717, 1.165) is 5.56 Å². The van der Waals surface area contributed by atoms with Gasteiger partial charge in [0, 0.05) is 5.02 Å². The van der Waals surface area contributed by atoms with Crippen molar-refractivity contribution in [3.8, 4) is 11.5 Å². The minimum absolute atomic E-state index is 0.265. The van der Waals surface area contributed by atoms with Gasteiger partial charge in [-0.15, -0.1) is 0 Å². The molecule has 2 aromatic carbocycles. The number of nitrogens with one attached hydrogen (secondary N) is 1. The molecule has 2 aromatic rings. The summed E-state index contributed by atoms with van der Waals surface area (Å²) < 4.78 is 16.2. The predicted octanol–water partition coefficient (Wildman–Crippen LogP) is 5.05. The minimum Gasteiger partial charge on any atom is -0.490 e. The summed E-state index contributed by atoms with van der Waals surface area (Å²) in [6.45, 7) is 4.59. The van der Waals surface area contributed by atoms with E-state index in [-0.39, 0.29) is 6.61 Å². The van der Waals surface area contributed by atoms with E-state index in [1.807, 2.05) is 19.1 Å². The molecule has 0 aliphatic heterocycles. The summed E-state index contributed by atoms with van der Waals surface area (Å²) in [7, 11) is 0. The second-order valence-corrected chi connectivity index (χ2v) is 6.11. The van der Waals surface area contributed by atoms with E-state index in [2.05, 4.69) is 10.5 Å². The summed E-state index contributed by atoms with van der Waals surface area (Å²) in [6, 6.07) is 10.7. The Balaban J connectivity index is 2.13. The van der Waals surface area contributed by atoms with Crippen molar-refractivity contribution in [3.63, 3.8) is 0 Å². The fourth-order valence-electron chi connectivity index (χ4n) is 2.12. The lowest BCUT2D eigenvalue weighted by Gasteiger charge is -2.14. The Morgan fingerprint density at radius 1 is 1.11 bits per heavy atom. The lowest BCUT2D eigenvalue weighted by Crippen LogP contribution is -2.18. The number of halogens is 2. The average molecular weight is 411 g/mol. The van der Waals surface area contributed by atoms with Gasteiger partial charge in [-0.1, -0.05) is 35.3 Å². The van der Waals surface area contributed by atoms with Crippen LogP contribution in [0.5, 0.6) is 11.5 Å². The molecular weight excluding hydrogens is 391 g/mol. The van der Waals surface area contributed by atoms with Gasteiger partial charge in [-0.3, -0.25) is 0 Å². The van der Waals surface area contributed by atoms with Crippen LogP contribution in [-0.2, 0) is 11.3 Å². The number of carbonyl (C=O) groups is 1. The largest absolute Gasteiger partial charge is 0.490 e. The molecule has 1 amide bonds. The van der Waals surface area contributed by atoms with Crippen LogP contribution in [0.1, 0.15) is 25.0 Å². The van der Waals surface area contributed by atoms with Crippen LogP contribution >= 0.6 is 23.2 Å². The van der Waals surface area contributed by atoms with Gasteiger partial charge in [0.15, 0.2) is 11.5 Å². The molecule has 0 unspecified atom stereocenters. The molecular formula is C19H20Cl2N2O4. The summed E-state index contributed by atoms with van der Waals surface area (Å²) in [5.41, 5.74) is 3.84. The van der Waals surface area contributed by atoms with Crippen LogP contribution in [0.15, 0.2) is 41.5 Å². The summed E-state index contributed by atoms with van der Waals surface area (Å²) >= 11 is 12.2. The number of ether oxygens (including phenoxy) is 3. The van der Waals surface area contributed by atoms with Gasteiger partial charge in [0.05, 0.1) is 24.5 Å². The van der Waals surface area contributed by atoms with Crippen molar-refractivity contribution in [3.05, 3.63) is 57.6 Å². The smallest absolute Gasteiger partial charge is 0.427 e. The Hall–Kier alpha value is -2.44. The molecule has 0 radical (unpaired) electrons. The molecule has 0 spiro atoms. The van der Waals surface area contributed by atoms with E-state index in [1.165, 1.54) is 6.21 Å². The summed E-state index contributed by atoms with van der Waals surface area (Å²) in [6.07, 6.45) is 0.807. The number of carbonyl (C=O) groups excluding carboxylic acids is 1. The van der Waals surface area contributed by atoms with Crippen LogP contribution in [0.3, 0.4) is 0 Å². The van der Waals surface area contributed by atoms with E-state index in [1.54, 1.807) is 31.2 Å². The topological polar surface area (TPSA) is 69.2 Å². The van der Waals surface area contributed by atoms with Gasteiger partial charge in [0.2, 0.25) is 0 Å². The van der Waals surface area contributed by atoms with Crippen molar-refractivity contribution in [2.75, 3.05) is 13.2 Å². The van der Waals surface area contributed by atoms with Crippen LogP contribution in [-0.4, -0.2) is 25.5 Å². The first-order chi connectivity index (χ1) is 13.0. The molecule has 0 saturated carbocycles. The monoisotopic (exact) mass is 410 g/mol. The molecule has 0 aromatic heterocycles. The van der Waals surface area contributed by atoms with Gasteiger partial charge in [0.1, 0.15) is 6.61 Å². The number of hydrazone groups is 1. The lowest BCUT2D eigenvalue weighted by atomic mass is 10.2. The van der Waals surface area contributed by atoms with Crippen LogP contribution in [0.25, 0.3) is 0 Å². The highest BCUT2D eigenvalue weighted by atomic mass is 35.5. The van der Waals surface area contributed by atoms with Gasteiger partial charge in [-0.05, 0) is 49.2 Å². The molecule has 0 aliphatic rings. The minimum atomic E-state index is -0.632. The van der Waals surface area contributed by atoms with Crippen molar-refractivity contribution < 1.29 is 19.0 Å². The third-order valence-corrected chi connectivity index (χ3v) is 3.81. The predicted molar refractivity (Wildman–Crippen MR) is 106 cm³/mol. The standard InChI is InChI=1S/C19H20Cl2N2O4/c1-3-25-17-10-14(11-22-23-19(24)26-4-2)9-16(21)18(17)27-12-13-5-7-15(20)8-6-13/h5-11H,3-4,12H2,1-2H3,(H,23,24)/b22-11+. The highest BCUT2D eigenvalue weighted by molar-refractivity contribution is 6.32. The van der Waals surface area contributed by atoms with Crippen LogP contribution < -0.4 is 14.9 Å². The second kappa shape index (κ2) is 10.6. The van der Waals surface area contributed by atoms with Crippen LogP contribution in [0, 0.1) is 0 Å². The summed E-state index contributed by atoms with van der Waals surface area (Å²) in [5.74, 6) is 0.917. The molecule has 27 heavy (non-hydrogen) atoms. The number of benzene rings is 2. The molecule has 0 fully saturated rings. The average Bonchev–Trinajstić information content (AvgIpc) is 2.63. The normalized spacial score (nSPS) is 10.7. The molecule has 1 N–H and O–H groups in total. The molecule has 0 aliphatic carbocycles. The number of rotatable bonds is 8. The number of hydrogen-bond acceptors (Lipinski definition) is 5. The Morgan fingerprint density at radius 3 is 2.52 bits per heavy atom. The Morgan fingerprint density at radius 2 is 1.85 bits per heavy atom. The maximum atomic E-state index is 11.2. The van der Waals surface area contributed by atoms with Crippen molar-refractivity contribution in [2.45, 2.75) is 20.5 Å². The van der Waals surface area contributed by atoms with E-state index >= 15 is 0 Å². The van der Waals surface area contributed by atoms with E-state index in [0.29, 0.717) is 40.3 Å². The molecule has 0 saturated heterocycles. The quantitative estimate of drug-likeness (QED) is 0.488. The van der Waals surface area contributed by atoms with Gasteiger partial charge < -0.3 is 14.2 Å². The first kappa shape index (κ1) is 20.9. The SMILES string of the molecule is CCOC(=O)N/N=C/c1cc(Cl)c(OCc2ccc(Cl)cc2)c(OCC)c1. The summed E-state index contributed by atoms with van der Waals surface area (Å²) in [4.78, 5) is 11.2. The maximum Gasteiger partial charge on any atom is 0.427 e. The Kier molecular flexibility index (Phi) is 8.23. The maximum absolute atomic E-state index is 11.2. The van der Waals surface area contributed by atoms with Crippen molar-refractivity contribution >= 4 is 35.5 Å². The number of amides is 1. The number of hydrogen-bond donors (Lipinski definition) is 1. The second-order valence-electron chi connectivity index (χ2n) is 5.27. The van der Waals surface area contributed by atoms with Crippen molar-refractivity contribution in [1.29, 1.82) is 0 Å². The molecule has 6 nitrogen and oxygen atoms in total. The van der Waals surface area contributed by atoms with Gasteiger partial charge in [-0.25, -0.2) is 10.2 Å². The van der Waals surface area contributed by atoms with Crippen molar-refractivity contribution in [2.24, 2.45) is 5.10 Å². The molecule has 0 atom stereocenters.